The molecule has 2 atom stereocenters. The molecule has 21 heavy (non-hydrogen) atoms. The monoisotopic (exact) mass is 283 g/mol. The van der Waals surface area contributed by atoms with Crippen LogP contribution in [0.5, 0.6) is 0 Å². The summed E-state index contributed by atoms with van der Waals surface area (Å²) in [5.41, 5.74) is 7.89. The van der Waals surface area contributed by atoms with Gasteiger partial charge in [0.15, 0.2) is 0 Å². The molecular formula is C17H21N3O. The zero-order valence-electron chi connectivity index (χ0n) is 12.7. The third kappa shape index (κ3) is 3.26. The Morgan fingerprint density at radius 3 is 2.67 bits per heavy atom. The second-order valence-corrected chi connectivity index (χ2v) is 5.24. The zero-order valence-corrected chi connectivity index (χ0v) is 12.7. The minimum atomic E-state index is -0.0577. The first-order valence-electron chi connectivity index (χ1n) is 7.11. The number of likely N-dealkylation sites (N-methyl/N-ethyl adjacent to an activating group) is 1. The second-order valence-electron chi connectivity index (χ2n) is 5.24. The molecule has 2 rings (SSSR count). The van der Waals surface area contributed by atoms with Gasteiger partial charge in [0, 0.05) is 18.8 Å². The molecule has 0 bridgehead atoms. The van der Waals surface area contributed by atoms with Crippen LogP contribution < -0.4 is 10.6 Å². The van der Waals surface area contributed by atoms with Crippen LogP contribution in [-0.2, 0) is 0 Å². The Kier molecular flexibility index (Phi) is 4.66. The first kappa shape index (κ1) is 15.1. The SMILES string of the molecule is CCC(N)C(c1ccc(C)o1)N(C)c1cccc(C#N)c1. The van der Waals surface area contributed by atoms with E-state index in [9.17, 15) is 0 Å². The lowest BCUT2D eigenvalue weighted by atomic mass is 10.0. The summed E-state index contributed by atoms with van der Waals surface area (Å²) < 4.78 is 5.78. The van der Waals surface area contributed by atoms with Crippen LogP contribution in [0.3, 0.4) is 0 Å². The topological polar surface area (TPSA) is 66.2 Å². The first-order valence-corrected chi connectivity index (χ1v) is 7.11. The molecule has 2 unspecified atom stereocenters. The average Bonchev–Trinajstić information content (AvgIpc) is 2.93. The second kappa shape index (κ2) is 6.47. The van der Waals surface area contributed by atoms with Crippen molar-refractivity contribution < 1.29 is 4.42 Å². The molecule has 0 spiro atoms. The number of anilines is 1. The van der Waals surface area contributed by atoms with E-state index in [-0.39, 0.29) is 12.1 Å². The Morgan fingerprint density at radius 2 is 2.10 bits per heavy atom. The maximum Gasteiger partial charge on any atom is 0.128 e. The van der Waals surface area contributed by atoms with Gasteiger partial charge in [0.25, 0.3) is 0 Å². The summed E-state index contributed by atoms with van der Waals surface area (Å²) in [5.74, 6) is 1.73. The quantitative estimate of drug-likeness (QED) is 0.913. The molecular weight excluding hydrogens is 262 g/mol. The highest BCUT2D eigenvalue weighted by Gasteiger charge is 2.26. The number of furan rings is 1. The molecule has 2 N–H and O–H groups in total. The summed E-state index contributed by atoms with van der Waals surface area (Å²) in [6.07, 6.45) is 0.840. The molecule has 1 aromatic heterocycles. The van der Waals surface area contributed by atoms with Gasteiger partial charge in [-0.3, -0.25) is 0 Å². The molecule has 0 aliphatic rings. The molecule has 110 valence electrons. The van der Waals surface area contributed by atoms with Gasteiger partial charge in [-0.1, -0.05) is 13.0 Å². The van der Waals surface area contributed by atoms with Crippen molar-refractivity contribution in [2.24, 2.45) is 5.73 Å². The van der Waals surface area contributed by atoms with E-state index in [1.807, 2.05) is 44.3 Å². The van der Waals surface area contributed by atoms with Gasteiger partial charge in [0.05, 0.1) is 11.6 Å². The van der Waals surface area contributed by atoms with E-state index in [0.717, 1.165) is 23.6 Å². The molecule has 2 aromatic rings. The van der Waals surface area contributed by atoms with Crippen molar-refractivity contribution in [3.63, 3.8) is 0 Å². The summed E-state index contributed by atoms with van der Waals surface area (Å²) in [5, 5.41) is 9.05. The van der Waals surface area contributed by atoms with Crippen molar-refractivity contribution in [2.75, 3.05) is 11.9 Å². The van der Waals surface area contributed by atoms with E-state index in [1.165, 1.54) is 0 Å². The van der Waals surface area contributed by atoms with Crippen molar-refractivity contribution in [1.29, 1.82) is 5.26 Å². The van der Waals surface area contributed by atoms with Crippen molar-refractivity contribution in [3.05, 3.63) is 53.5 Å². The molecule has 0 saturated carbocycles. The number of hydrogen-bond acceptors (Lipinski definition) is 4. The van der Waals surface area contributed by atoms with Crippen molar-refractivity contribution in [3.8, 4) is 6.07 Å². The largest absolute Gasteiger partial charge is 0.464 e. The molecule has 4 heteroatoms. The molecule has 1 aromatic carbocycles. The van der Waals surface area contributed by atoms with Gasteiger partial charge in [0.2, 0.25) is 0 Å². The van der Waals surface area contributed by atoms with Crippen LogP contribution >= 0.6 is 0 Å². The van der Waals surface area contributed by atoms with Gasteiger partial charge in [-0.05, 0) is 43.7 Å². The molecule has 0 fully saturated rings. The number of hydrogen-bond donors (Lipinski definition) is 1. The zero-order chi connectivity index (χ0) is 15.4. The predicted octanol–water partition coefficient (Wildman–Crippen LogP) is 3.37. The molecule has 4 nitrogen and oxygen atoms in total. The lowest BCUT2D eigenvalue weighted by molar-refractivity contribution is 0.395. The molecule has 0 amide bonds. The normalized spacial score (nSPS) is 13.5. The Balaban J connectivity index is 2.38. The maximum absolute atomic E-state index is 9.05. The summed E-state index contributed by atoms with van der Waals surface area (Å²) in [6.45, 7) is 3.99. The van der Waals surface area contributed by atoms with Crippen LogP contribution in [0, 0.1) is 18.3 Å². The standard InChI is InChI=1S/C17H21N3O/c1-4-15(19)17(16-9-8-12(2)21-16)20(3)14-7-5-6-13(10-14)11-18/h5-10,15,17H,4,19H2,1-3H3. The van der Waals surface area contributed by atoms with E-state index < -0.39 is 0 Å². The van der Waals surface area contributed by atoms with Crippen molar-refractivity contribution in [1.82, 2.24) is 0 Å². The molecule has 0 aliphatic heterocycles. The van der Waals surface area contributed by atoms with Crippen molar-refractivity contribution in [2.45, 2.75) is 32.4 Å². The van der Waals surface area contributed by atoms with Gasteiger partial charge in [-0.25, -0.2) is 0 Å². The highest BCUT2D eigenvalue weighted by atomic mass is 16.3. The summed E-state index contributed by atoms with van der Waals surface area (Å²) in [7, 11) is 1.98. The fourth-order valence-corrected chi connectivity index (χ4v) is 2.48. The molecule has 0 aliphatic carbocycles. The number of benzene rings is 1. The number of nitriles is 1. The number of nitrogens with zero attached hydrogens (tertiary/aromatic N) is 2. The fourth-order valence-electron chi connectivity index (χ4n) is 2.48. The van der Waals surface area contributed by atoms with Crippen LogP contribution in [0.2, 0.25) is 0 Å². The van der Waals surface area contributed by atoms with Crippen LogP contribution in [0.1, 0.15) is 36.5 Å². The van der Waals surface area contributed by atoms with Gasteiger partial charge in [-0.15, -0.1) is 0 Å². The Labute approximate surface area is 125 Å². The number of aryl methyl sites for hydroxylation is 1. The number of rotatable bonds is 5. The van der Waals surface area contributed by atoms with E-state index in [2.05, 4.69) is 17.9 Å². The third-order valence-corrected chi connectivity index (χ3v) is 3.73. The maximum atomic E-state index is 9.05. The average molecular weight is 283 g/mol. The van der Waals surface area contributed by atoms with Gasteiger partial charge in [-0.2, -0.15) is 5.26 Å². The Hall–Kier alpha value is -2.25. The third-order valence-electron chi connectivity index (χ3n) is 3.73. The fraction of sp³-hybridized carbons (Fsp3) is 0.353. The summed E-state index contributed by atoms with van der Waals surface area (Å²) >= 11 is 0. The van der Waals surface area contributed by atoms with E-state index >= 15 is 0 Å². The highest BCUT2D eigenvalue weighted by molar-refractivity contribution is 5.52. The Bertz CT molecular complexity index is 641. The van der Waals surface area contributed by atoms with Crippen LogP contribution in [0.15, 0.2) is 40.8 Å². The lowest BCUT2D eigenvalue weighted by Crippen LogP contribution is -2.38. The van der Waals surface area contributed by atoms with E-state index in [0.29, 0.717) is 5.56 Å². The summed E-state index contributed by atoms with van der Waals surface area (Å²) in [4.78, 5) is 2.08. The smallest absolute Gasteiger partial charge is 0.128 e. The molecule has 0 radical (unpaired) electrons. The molecule has 1 heterocycles. The lowest BCUT2D eigenvalue weighted by Gasteiger charge is -2.32. The van der Waals surface area contributed by atoms with Gasteiger partial charge in [0.1, 0.15) is 17.6 Å². The predicted molar refractivity (Wildman–Crippen MR) is 84.0 cm³/mol. The van der Waals surface area contributed by atoms with Crippen LogP contribution in [0.4, 0.5) is 5.69 Å². The van der Waals surface area contributed by atoms with Crippen LogP contribution in [-0.4, -0.2) is 13.1 Å². The highest BCUT2D eigenvalue weighted by Crippen LogP contribution is 2.30. The van der Waals surface area contributed by atoms with Gasteiger partial charge < -0.3 is 15.1 Å². The van der Waals surface area contributed by atoms with E-state index in [1.54, 1.807) is 6.07 Å². The van der Waals surface area contributed by atoms with Crippen LogP contribution in [0.25, 0.3) is 0 Å². The van der Waals surface area contributed by atoms with E-state index in [4.69, 9.17) is 15.4 Å². The number of nitrogens with two attached hydrogens (primary N) is 1. The Morgan fingerprint density at radius 1 is 1.33 bits per heavy atom. The first-order chi connectivity index (χ1) is 10.1. The molecule has 0 saturated heterocycles. The summed E-state index contributed by atoms with van der Waals surface area (Å²) in [6, 6.07) is 13.5. The minimum Gasteiger partial charge on any atom is -0.464 e. The van der Waals surface area contributed by atoms with Crippen molar-refractivity contribution >= 4 is 5.69 Å². The minimum absolute atomic E-state index is 0.0497. The van der Waals surface area contributed by atoms with Gasteiger partial charge >= 0.3 is 0 Å².